The second kappa shape index (κ2) is 7.96. The molecule has 1 heterocycles. The summed E-state index contributed by atoms with van der Waals surface area (Å²) in [5.41, 5.74) is 3.13. The van der Waals surface area contributed by atoms with Crippen LogP contribution in [0.2, 0.25) is 10.0 Å². The Balaban J connectivity index is 1.44. The minimum Gasteiger partial charge on any atom is -0.323 e. The second-order valence-corrected chi connectivity index (χ2v) is 11.3. The predicted octanol–water partition coefficient (Wildman–Crippen LogP) is 5.91. The van der Waals surface area contributed by atoms with Crippen molar-refractivity contribution >= 4 is 69.8 Å². The number of halogens is 4. The van der Waals surface area contributed by atoms with Crippen LogP contribution < -0.4 is 5.32 Å². The molecule has 0 spiro atoms. The van der Waals surface area contributed by atoms with Crippen LogP contribution in [-0.4, -0.2) is 28.7 Å². The van der Waals surface area contributed by atoms with Crippen LogP contribution in [0, 0.1) is 11.8 Å². The quantitative estimate of drug-likeness (QED) is 0.320. The highest BCUT2D eigenvalue weighted by atomic mass is 35.5. The van der Waals surface area contributed by atoms with Gasteiger partial charge >= 0.3 is 0 Å². The van der Waals surface area contributed by atoms with E-state index >= 15 is 0 Å². The first-order valence-electron chi connectivity index (χ1n) is 11.3. The fraction of sp³-hybridized carbons (Fsp3) is 0.222. The summed E-state index contributed by atoms with van der Waals surface area (Å²) >= 11 is 27.0. The van der Waals surface area contributed by atoms with Gasteiger partial charge in [-0.3, -0.25) is 19.3 Å². The number of nitrogens with one attached hydrogen (secondary N) is 1. The lowest BCUT2D eigenvalue weighted by Gasteiger charge is -2.54. The first kappa shape index (κ1) is 23.8. The van der Waals surface area contributed by atoms with Gasteiger partial charge in [0.25, 0.3) is 0 Å². The molecule has 5 nitrogen and oxygen atoms in total. The molecule has 2 bridgehead atoms. The van der Waals surface area contributed by atoms with E-state index in [4.69, 9.17) is 46.4 Å². The van der Waals surface area contributed by atoms with Crippen LogP contribution in [0.15, 0.2) is 66.7 Å². The molecule has 36 heavy (non-hydrogen) atoms. The van der Waals surface area contributed by atoms with Gasteiger partial charge in [0.15, 0.2) is 0 Å². The van der Waals surface area contributed by atoms with Gasteiger partial charge in [-0.1, -0.05) is 71.7 Å². The molecule has 182 valence electrons. The van der Waals surface area contributed by atoms with E-state index in [1.54, 1.807) is 12.1 Å². The fourth-order valence-corrected chi connectivity index (χ4v) is 7.57. The molecule has 1 N–H and O–H groups in total. The van der Waals surface area contributed by atoms with Gasteiger partial charge in [0.1, 0.15) is 15.8 Å². The molecule has 9 heteroatoms. The lowest BCUT2D eigenvalue weighted by Crippen LogP contribution is -2.57. The summed E-state index contributed by atoms with van der Waals surface area (Å²) in [4.78, 5) is 39.5. The highest BCUT2D eigenvalue weighted by molar-refractivity contribution is 6.37. The fourth-order valence-electron chi connectivity index (χ4n) is 6.02. The molecule has 0 aromatic heterocycles. The molecule has 3 aromatic rings. The van der Waals surface area contributed by atoms with Crippen molar-refractivity contribution in [1.82, 2.24) is 4.90 Å². The molecule has 7 rings (SSSR count). The van der Waals surface area contributed by atoms with Gasteiger partial charge in [0, 0.05) is 5.02 Å². The Morgan fingerprint density at radius 3 is 1.69 bits per heavy atom. The third kappa shape index (κ3) is 2.89. The molecule has 3 amide bonds. The molecule has 1 aliphatic heterocycles. The van der Waals surface area contributed by atoms with Crippen LogP contribution in [0.25, 0.3) is 0 Å². The maximum absolute atomic E-state index is 14.0. The molecule has 0 saturated carbocycles. The van der Waals surface area contributed by atoms with Crippen LogP contribution in [0.4, 0.5) is 5.69 Å². The number of rotatable bonds is 3. The van der Waals surface area contributed by atoms with E-state index in [-0.39, 0.29) is 5.02 Å². The SMILES string of the molecule is C[C@@H](C(=O)Nc1ccc(Cl)cc1Cl)N1C(=O)[C@@H]2[C@H](C1=O)C1(Cl)c3ccccc3C2(Cl)c2ccccc21. The number of carbonyl (C=O) groups is 3. The summed E-state index contributed by atoms with van der Waals surface area (Å²) in [6, 6.07) is 18.3. The number of carbonyl (C=O) groups excluding carboxylic acids is 3. The van der Waals surface area contributed by atoms with Crippen molar-refractivity contribution in [2.45, 2.75) is 22.7 Å². The summed E-state index contributed by atoms with van der Waals surface area (Å²) in [6.45, 7) is 1.50. The number of hydrogen-bond donors (Lipinski definition) is 1. The minimum atomic E-state index is -1.30. The molecule has 1 saturated heterocycles. The van der Waals surface area contributed by atoms with Gasteiger partial charge in [-0.15, -0.1) is 23.2 Å². The van der Waals surface area contributed by atoms with E-state index in [1.807, 2.05) is 48.5 Å². The smallest absolute Gasteiger partial charge is 0.247 e. The lowest BCUT2D eigenvalue weighted by atomic mass is 9.54. The van der Waals surface area contributed by atoms with Crippen molar-refractivity contribution in [3.05, 3.63) is 99.0 Å². The zero-order chi connectivity index (χ0) is 25.6. The number of benzene rings is 3. The molecule has 0 radical (unpaired) electrons. The van der Waals surface area contributed by atoms with Crippen LogP contribution in [-0.2, 0) is 24.1 Å². The van der Waals surface area contributed by atoms with Gasteiger partial charge in [0.05, 0.1) is 22.5 Å². The number of nitrogens with zero attached hydrogens (tertiary/aromatic N) is 1. The van der Waals surface area contributed by atoms with E-state index in [1.165, 1.54) is 13.0 Å². The third-order valence-electron chi connectivity index (χ3n) is 7.58. The van der Waals surface area contributed by atoms with Gasteiger partial charge < -0.3 is 5.32 Å². The van der Waals surface area contributed by atoms with Crippen LogP contribution in [0.5, 0.6) is 0 Å². The molecule has 3 aliphatic carbocycles. The minimum absolute atomic E-state index is 0.235. The van der Waals surface area contributed by atoms with E-state index in [0.717, 1.165) is 4.90 Å². The number of likely N-dealkylation sites (tertiary alicyclic amines) is 1. The Morgan fingerprint density at radius 2 is 1.28 bits per heavy atom. The molecule has 1 fully saturated rings. The lowest BCUT2D eigenvalue weighted by molar-refractivity contribution is -0.146. The summed E-state index contributed by atoms with van der Waals surface area (Å²) in [5, 5.41) is 3.33. The molecule has 4 aliphatic rings. The summed E-state index contributed by atoms with van der Waals surface area (Å²) in [7, 11) is 0. The van der Waals surface area contributed by atoms with Crippen molar-refractivity contribution in [2.24, 2.45) is 11.8 Å². The highest BCUT2D eigenvalue weighted by Gasteiger charge is 2.73. The Labute approximate surface area is 227 Å². The Kier molecular flexibility index (Phi) is 5.27. The van der Waals surface area contributed by atoms with Gasteiger partial charge in [-0.05, 0) is 47.4 Å². The van der Waals surface area contributed by atoms with Gasteiger partial charge in [0.2, 0.25) is 17.7 Å². The molecular formula is C27H18Cl4N2O3. The maximum Gasteiger partial charge on any atom is 0.247 e. The molecular weight excluding hydrogens is 542 g/mol. The summed E-state index contributed by atoms with van der Waals surface area (Å²) < 4.78 is 0. The third-order valence-corrected chi connectivity index (χ3v) is 9.41. The van der Waals surface area contributed by atoms with E-state index in [0.29, 0.717) is 33.0 Å². The average Bonchev–Trinajstić information content (AvgIpc) is 3.14. The maximum atomic E-state index is 14.0. The van der Waals surface area contributed by atoms with Crippen molar-refractivity contribution in [3.63, 3.8) is 0 Å². The van der Waals surface area contributed by atoms with Gasteiger partial charge in [-0.2, -0.15) is 0 Å². The van der Waals surface area contributed by atoms with Crippen molar-refractivity contribution < 1.29 is 14.4 Å². The zero-order valence-corrected chi connectivity index (χ0v) is 21.8. The summed E-state index contributed by atoms with van der Waals surface area (Å²) in [5.74, 6) is -3.57. The van der Waals surface area contributed by atoms with E-state index < -0.39 is 45.3 Å². The number of imide groups is 1. The van der Waals surface area contributed by atoms with Crippen molar-refractivity contribution in [1.29, 1.82) is 0 Å². The first-order valence-corrected chi connectivity index (χ1v) is 12.8. The standard InChI is InChI=1S/C27H18Cl4N2O3/c1-13(23(34)32-20-11-10-14(28)12-19(20)29)33-24(35)21-22(25(33)36)27(31)16-7-3-2-6-15(16)26(21,30)17-8-4-5-9-18(17)27/h2-13,21-22H,1H3,(H,32,34)/t13-,21-,22+,26?,27?/m0/s1. The Hall–Kier alpha value is -2.57. The first-order chi connectivity index (χ1) is 17.1. The summed E-state index contributed by atoms with van der Waals surface area (Å²) in [6.07, 6.45) is 0. The number of anilines is 1. The van der Waals surface area contributed by atoms with Crippen LogP contribution >= 0.6 is 46.4 Å². The zero-order valence-electron chi connectivity index (χ0n) is 18.8. The van der Waals surface area contributed by atoms with E-state index in [9.17, 15) is 14.4 Å². The van der Waals surface area contributed by atoms with E-state index in [2.05, 4.69) is 5.32 Å². The molecule has 3 atom stereocenters. The normalized spacial score (nSPS) is 28.4. The monoisotopic (exact) mass is 558 g/mol. The van der Waals surface area contributed by atoms with Crippen molar-refractivity contribution in [2.75, 3.05) is 5.32 Å². The van der Waals surface area contributed by atoms with Crippen molar-refractivity contribution in [3.8, 4) is 0 Å². The number of alkyl halides is 2. The van der Waals surface area contributed by atoms with Crippen LogP contribution in [0.1, 0.15) is 29.2 Å². The number of amides is 3. The number of hydrogen-bond acceptors (Lipinski definition) is 3. The molecule has 3 aromatic carbocycles. The Bertz CT molecular complexity index is 1370. The highest BCUT2D eigenvalue weighted by Crippen LogP contribution is 2.69. The second-order valence-electron chi connectivity index (χ2n) is 9.31. The average molecular weight is 560 g/mol. The topological polar surface area (TPSA) is 66.5 Å². The van der Waals surface area contributed by atoms with Crippen LogP contribution in [0.3, 0.4) is 0 Å². The van der Waals surface area contributed by atoms with Gasteiger partial charge in [-0.25, -0.2) is 0 Å². The predicted molar refractivity (Wildman–Crippen MR) is 140 cm³/mol. The largest absolute Gasteiger partial charge is 0.323 e. The Morgan fingerprint density at radius 1 is 0.833 bits per heavy atom. The molecule has 0 unspecified atom stereocenters.